The summed E-state index contributed by atoms with van der Waals surface area (Å²) in [5.41, 5.74) is 8.68. The lowest BCUT2D eigenvalue weighted by molar-refractivity contribution is -0.121. The first kappa shape index (κ1) is 18.0. The second-order valence-electron chi connectivity index (χ2n) is 5.19. The molecule has 0 radical (unpaired) electrons. The van der Waals surface area contributed by atoms with E-state index in [1.165, 1.54) is 0 Å². The number of alkyl halides is 1. The van der Waals surface area contributed by atoms with Crippen molar-refractivity contribution in [3.8, 4) is 0 Å². The predicted molar refractivity (Wildman–Crippen MR) is 87.7 cm³/mol. The number of benzene rings is 1. The van der Waals surface area contributed by atoms with Crippen LogP contribution in [0.5, 0.6) is 0 Å². The van der Waals surface area contributed by atoms with Gasteiger partial charge in [-0.15, -0.1) is 11.6 Å². The summed E-state index contributed by atoms with van der Waals surface area (Å²) in [4.78, 5) is 10.9. The number of amides is 1. The maximum absolute atomic E-state index is 12.1. The zero-order valence-corrected chi connectivity index (χ0v) is 14.0. The highest BCUT2D eigenvalue weighted by atomic mass is 35.5. The fraction of sp³-hybridized carbons (Fsp3) is 0.588. The van der Waals surface area contributed by atoms with Crippen LogP contribution >= 0.6 is 11.6 Å². The Morgan fingerprint density at radius 2 is 1.76 bits per heavy atom. The van der Waals surface area contributed by atoms with Crippen molar-refractivity contribution >= 4 is 17.5 Å². The number of nitrogens with two attached hydrogens (primary N) is 1. The average molecular weight is 312 g/mol. The first-order valence-corrected chi connectivity index (χ1v) is 8.06. The van der Waals surface area contributed by atoms with Gasteiger partial charge in [0.05, 0.1) is 0 Å². The number of hydrogen-bond acceptors (Lipinski definition) is 2. The van der Waals surface area contributed by atoms with Crippen LogP contribution in [0.25, 0.3) is 0 Å². The number of halogens is 1. The Morgan fingerprint density at radius 1 is 1.19 bits per heavy atom. The molecule has 1 aromatic rings. The van der Waals surface area contributed by atoms with Gasteiger partial charge in [-0.3, -0.25) is 4.79 Å². The quantitative estimate of drug-likeness (QED) is 0.560. The van der Waals surface area contributed by atoms with Crippen LogP contribution in [-0.2, 0) is 27.2 Å². The zero-order valence-electron chi connectivity index (χ0n) is 13.2. The largest absolute Gasteiger partial charge is 0.381 e. The molecule has 0 aliphatic carbocycles. The highest BCUT2D eigenvalue weighted by Crippen LogP contribution is 2.38. The summed E-state index contributed by atoms with van der Waals surface area (Å²) < 4.78 is 5.50. The zero-order chi connectivity index (χ0) is 15.9. The smallest absolute Gasteiger partial charge is 0.243 e. The number of ether oxygens (including phenoxy) is 1. The van der Waals surface area contributed by atoms with E-state index in [1.807, 2.05) is 25.1 Å². The van der Waals surface area contributed by atoms with Crippen LogP contribution in [0.3, 0.4) is 0 Å². The predicted octanol–water partition coefficient (Wildman–Crippen LogP) is 3.55. The monoisotopic (exact) mass is 311 g/mol. The van der Waals surface area contributed by atoms with Gasteiger partial charge >= 0.3 is 0 Å². The first-order valence-electron chi connectivity index (χ1n) is 7.69. The van der Waals surface area contributed by atoms with Crippen LogP contribution < -0.4 is 5.73 Å². The molecule has 0 bridgehead atoms. The minimum absolute atomic E-state index is 0.397. The molecular weight excluding hydrogens is 286 g/mol. The average Bonchev–Trinajstić information content (AvgIpc) is 2.50. The van der Waals surface area contributed by atoms with E-state index in [9.17, 15) is 4.79 Å². The van der Waals surface area contributed by atoms with Crippen molar-refractivity contribution in [3.05, 3.63) is 34.9 Å². The van der Waals surface area contributed by atoms with Crippen molar-refractivity contribution in [2.75, 3.05) is 13.2 Å². The van der Waals surface area contributed by atoms with Gasteiger partial charge < -0.3 is 10.5 Å². The van der Waals surface area contributed by atoms with Gasteiger partial charge in [-0.05, 0) is 36.0 Å². The van der Waals surface area contributed by atoms with Gasteiger partial charge in [-0.2, -0.15) is 0 Å². The molecule has 3 nitrogen and oxygen atoms in total. The molecule has 0 saturated carbocycles. The topological polar surface area (TPSA) is 52.3 Å². The second-order valence-corrected chi connectivity index (χ2v) is 5.83. The van der Waals surface area contributed by atoms with E-state index < -0.39 is 10.8 Å². The number of rotatable bonds is 9. The van der Waals surface area contributed by atoms with Crippen molar-refractivity contribution in [3.63, 3.8) is 0 Å². The Hall–Kier alpha value is -1.06. The molecule has 1 atom stereocenters. The van der Waals surface area contributed by atoms with E-state index in [2.05, 4.69) is 13.8 Å². The molecule has 0 aliphatic rings. The van der Waals surface area contributed by atoms with Gasteiger partial charge in [0.2, 0.25) is 5.91 Å². The third-order valence-electron chi connectivity index (χ3n) is 3.73. The number of hydrogen-bond donors (Lipinski definition) is 1. The molecule has 0 aliphatic heterocycles. The van der Waals surface area contributed by atoms with Crippen LogP contribution in [0.4, 0.5) is 0 Å². The van der Waals surface area contributed by atoms with E-state index in [0.717, 1.165) is 36.0 Å². The molecular formula is C17H26ClNO2. The van der Waals surface area contributed by atoms with E-state index in [-0.39, 0.29) is 0 Å². The van der Waals surface area contributed by atoms with E-state index >= 15 is 0 Å². The van der Waals surface area contributed by atoms with Crippen molar-refractivity contribution in [1.29, 1.82) is 0 Å². The summed E-state index contributed by atoms with van der Waals surface area (Å²) in [5, 5.41) is 0. The Kier molecular flexibility index (Phi) is 7.20. The molecule has 1 rings (SSSR count). The highest BCUT2D eigenvalue weighted by Gasteiger charge is 2.39. The summed E-state index contributed by atoms with van der Waals surface area (Å²) in [6.45, 7) is 7.27. The van der Waals surface area contributed by atoms with Gasteiger partial charge in [0.15, 0.2) is 4.87 Å². The molecule has 21 heavy (non-hydrogen) atoms. The summed E-state index contributed by atoms with van der Waals surface area (Å²) >= 11 is 6.69. The molecule has 1 aromatic carbocycles. The van der Waals surface area contributed by atoms with Gasteiger partial charge in [-0.25, -0.2) is 0 Å². The standard InChI is InChI=1S/C17H26ClNO2/c1-4-11-21-12-10-17(18,16(19)20)15-13(5-2)8-7-9-14(15)6-3/h7-9H,4-6,10-12H2,1-3H3,(H2,19,20). The maximum Gasteiger partial charge on any atom is 0.243 e. The van der Waals surface area contributed by atoms with Crippen LogP contribution in [0, 0.1) is 0 Å². The molecule has 0 fully saturated rings. The number of carbonyl (C=O) groups excluding carboxylic acids is 1. The fourth-order valence-electron chi connectivity index (χ4n) is 2.58. The lowest BCUT2D eigenvalue weighted by Gasteiger charge is -2.29. The lowest BCUT2D eigenvalue weighted by Crippen LogP contribution is -2.39. The minimum atomic E-state index is -1.19. The highest BCUT2D eigenvalue weighted by molar-refractivity contribution is 6.34. The van der Waals surface area contributed by atoms with E-state index in [1.54, 1.807) is 0 Å². The SMILES string of the molecule is CCCOCCC(Cl)(C(N)=O)c1c(CC)cccc1CC. The van der Waals surface area contributed by atoms with Crippen LogP contribution in [0.15, 0.2) is 18.2 Å². The van der Waals surface area contributed by atoms with Crippen LogP contribution in [-0.4, -0.2) is 19.1 Å². The molecule has 1 amide bonds. The molecule has 4 heteroatoms. The molecule has 0 spiro atoms. The maximum atomic E-state index is 12.1. The molecule has 0 saturated heterocycles. The number of carbonyl (C=O) groups is 1. The summed E-state index contributed by atoms with van der Waals surface area (Å²) in [6.07, 6.45) is 2.98. The fourth-order valence-corrected chi connectivity index (χ4v) is 2.90. The third-order valence-corrected chi connectivity index (χ3v) is 4.29. The minimum Gasteiger partial charge on any atom is -0.381 e. The van der Waals surface area contributed by atoms with Crippen LogP contribution in [0.2, 0.25) is 0 Å². The Labute approximate surface area is 132 Å². The van der Waals surface area contributed by atoms with Gasteiger partial charge in [0.25, 0.3) is 0 Å². The molecule has 1 unspecified atom stereocenters. The lowest BCUT2D eigenvalue weighted by atomic mass is 9.84. The number of aryl methyl sites for hydroxylation is 2. The van der Waals surface area contributed by atoms with Crippen molar-refractivity contribution in [1.82, 2.24) is 0 Å². The second kappa shape index (κ2) is 8.40. The van der Waals surface area contributed by atoms with Crippen molar-refractivity contribution in [2.24, 2.45) is 5.73 Å². The molecule has 2 N–H and O–H groups in total. The van der Waals surface area contributed by atoms with Crippen LogP contribution in [0.1, 0.15) is 50.3 Å². The molecule has 118 valence electrons. The van der Waals surface area contributed by atoms with Crippen molar-refractivity contribution < 1.29 is 9.53 Å². The van der Waals surface area contributed by atoms with E-state index in [0.29, 0.717) is 19.6 Å². The normalized spacial score (nSPS) is 13.9. The Morgan fingerprint density at radius 3 is 2.19 bits per heavy atom. The Balaban J connectivity index is 3.18. The summed E-state index contributed by atoms with van der Waals surface area (Å²) in [5.74, 6) is -0.500. The van der Waals surface area contributed by atoms with Gasteiger partial charge in [0, 0.05) is 19.6 Å². The summed E-state index contributed by atoms with van der Waals surface area (Å²) in [7, 11) is 0. The van der Waals surface area contributed by atoms with E-state index in [4.69, 9.17) is 22.1 Å². The van der Waals surface area contributed by atoms with Gasteiger partial charge in [-0.1, -0.05) is 39.0 Å². The molecule has 0 aromatic heterocycles. The first-order chi connectivity index (χ1) is 10.0. The summed E-state index contributed by atoms with van der Waals surface area (Å²) in [6, 6.07) is 6.04. The Bertz CT molecular complexity index is 454. The molecule has 0 heterocycles. The third kappa shape index (κ3) is 4.21. The van der Waals surface area contributed by atoms with Gasteiger partial charge in [0.1, 0.15) is 0 Å². The van der Waals surface area contributed by atoms with Crippen molar-refractivity contribution in [2.45, 2.75) is 51.3 Å². The number of primary amides is 1.